The summed E-state index contributed by atoms with van der Waals surface area (Å²) in [4.78, 5) is 11.6. The molecule has 0 aliphatic rings. The maximum atomic E-state index is 4.29. The summed E-state index contributed by atoms with van der Waals surface area (Å²) >= 11 is 3.53. The van der Waals surface area contributed by atoms with Crippen molar-refractivity contribution in [1.29, 1.82) is 0 Å². The van der Waals surface area contributed by atoms with Crippen molar-refractivity contribution in [2.24, 2.45) is 0 Å². The summed E-state index contributed by atoms with van der Waals surface area (Å²) in [5.41, 5.74) is 1.19. The average Bonchev–Trinajstić information content (AvgIpc) is 2.83. The molecule has 17 heavy (non-hydrogen) atoms. The van der Waals surface area contributed by atoms with E-state index in [1.165, 1.54) is 5.56 Å². The Balaban J connectivity index is 1.80. The van der Waals surface area contributed by atoms with Gasteiger partial charge in [-0.05, 0) is 40.9 Å². The average molecular weight is 295 g/mol. The number of pyridine rings is 1. The maximum Gasteiger partial charge on any atom is 0.140 e. The smallest absolute Gasteiger partial charge is 0.140 e. The maximum absolute atomic E-state index is 4.29. The predicted octanol–water partition coefficient (Wildman–Crippen LogP) is 2.92. The summed E-state index contributed by atoms with van der Waals surface area (Å²) in [6.45, 7) is 2.94. The lowest BCUT2D eigenvalue weighted by molar-refractivity contribution is 0.813. The second kappa shape index (κ2) is 5.82. The fraction of sp³-hybridized carbons (Fsp3) is 0.333. The molecule has 4 nitrogen and oxygen atoms in total. The van der Waals surface area contributed by atoms with Crippen LogP contribution in [-0.2, 0) is 6.42 Å². The van der Waals surface area contributed by atoms with Crippen LogP contribution in [0.5, 0.6) is 0 Å². The van der Waals surface area contributed by atoms with Crippen LogP contribution in [0.25, 0.3) is 0 Å². The third-order valence-electron chi connectivity index (χ3n) is 2.52. The van der Waals surface area contributed by atoms with Gasteiger partial charge in [0.1, 0.15) is 11.6 Å². The van der Waals surface area contributed by atoms with Gasteiger partial charge < -0.3 is 10.3 Å². The van der Waals surface area contributed by atoms with Crippen molar-refractivity contribution in [2.75, 3.05) is 11.9 Å². The number of nitrogens with zero attached hydrogens (tertiary/aromatic N) is 2. The van der Waals surface area contributed by atoms with Gasteiger partial charge in [-0.2, -0.15) is 0 Å². The van der Waals surface area contributed by atoms with E-state index in [2.05, 4.69) is 43.1 Å². The Bertz CT molecular complexity index is 467. The van der Waals surface area contributed by atoms with Crippen LogP contribution in [0, 0.1) is 6.92 Å². The van der Waals surface area contributed by atoms with E-state index in [0.717, 1.165) is 35.5 Å². The van der Waals surface area contributed by atoms with Crippen LogP contribution < -0.4 is 5.32 Å². The molecule has 2 rings (SSSR count). The molecular weight excluding hydrogens is 280 g/mol. The van der Waals surface area contributed by atoms with Gasteiger partial charge in [0, 0.05) is 31.6 Å². The Kier molecular flexibility index (Phi) is 4.14. The molecule has 0 spiro atoms. The lowest BCUT2D eigenvalue weighted by Gasteiger charge is -2.08. The zero-order chi connectivity index (χ0) is 12.1. The molecule has 0 aliphatic carbocycles. The molecule has 0 radical (unpaired) electrons. The molecule has 0 amide bonds. The quantitative estimate of drug-likeness (QED) is 0.834. The van der Waals surface area contributed by atoms with Crippen LogP contribution >= 0.6 is 15.9 Å². The lowest BCUT2D eigenvalue weighted by Crippen LogP contribution is -2.06. The van der Waals surface area contributed by atoms with E-state index in [1.807, 2.05) is 18.5 Å². The van der Waals surface area contributed by atoms with Crippen molar-refractivity contribution in [1.82, 2.24) is 15.0 Å². The predicted molar refractivity (Wildman–Crippen MR) is 72.1 cm³/mol. The molecule has 5 heteroatoms. The summed E-state index contributed by atoms with van der Waals surface area (Å²) in [5.74, 6) is 1.94. The highest BCUT2D eigenvalue weighted by molar-refractivity contribution is 9.10. The van der Waals surface area contributed by atoms with Gasteiger partial charge in [0.2, 0.25) is 0 Å². The summed E-state index contributed by atoms with van der Waals surface area (Å²) in [5, 5.41) is 3.32. The van der Waals surface area contributed by atoms with Crippen LogP contribution in [0.15, 0.2) is 29.1 Å². The first kappa shape index (κ1) is 12.1. The fourth-order valence-electron chi connectivity index (χ4n) is 1.56. The van der Waals surface area contributed by atoms with Crippen LogP contribution in [0.1, 0.15) is 17.8 Å². The Morgan fingerprint density at radius 3 is 3.00 bits per heavy atom. The molecule has 0 unspecified atom stereocenters. The summed E-state index contributed by atoms with van der Waals surface area (Å²) in [7, 11) is 0. The van der Waals surface area contributed by atoms with Gasteiger partial charge in [-0.25, -0.2) is 9.97 Å². The van der Waals surface area contributed by atoms with E-state index >= 15 is 0 Å². The van der Waals surface area contributed by atoms with Gasteiger partial charge in [0.25, 0.3) is 0 Å². The second-order valence-corrected chi connectivity index (χ2v) is 4.65. The van der Waals surface area contributed by atoms with Crippen molar-refractivity contribution in [3.8, 4) is 0 Å². The fourth-order valence-corrected chi connectivity index (χ4v) is 1.94. The third-order valence-corrected chi connectivity index (χ3v) is 3.52. The normalized spacial score (nSPS) is 10.5. The van der Waals surface area contributed by atoms with E-state index in [4.69, 9.17) is 0 Å². The minimum absolute atomic E-state index is 0.885. The van der Waals surface area contributed by atoms with Crippen LogP contribution in [-0.4, -0.2) is 21.5 Å². The van der Waals surface area contributed by atoms with Crippen LogP contribution in [0.3, 0.4) is 0 Å². The van der Waals surface area contributed by atoms with Crippen molar-refractivity contribution < 1.29 is 0 Å². The Morgan fingerprint density at radius 1 is 1.35 bits per heavy atom. The van der Waals surface area contributed by atoms with Gasteiger partial charge in [0.15, 0.2) is 0 Å². The first-order chi connectivity index (χ1) is 8.27. The standard InChI is InChI=1S/C12H15BrN4/c1-9-4-6-17-12(11(9)13)16-5-2-3-10-14-7-8-15-10/h4,6-8H,2-3,5H2,1H3,(H,14,15)(H,16,17). The molecule has 0 aliphatic heterocycles. The van der Waals surface area contributed by atoms with E-state index in [1.54, 1.807) is 6.20 Å². The molecule has 2 heterocycles. The van der Waals surface area contributed by atoms with E-state index in [9.17, 15) is 0 Å². The minimum atomic E-state index is 0.885. The Hall–Kier alpha value is -1.36. The zero-order valence-electron chi connectivity index (χ0n) is 9.70. The molecule has 0 fully saturated rings. The second-order valence-electron chi connectivity index (χ2n) is 3.86. The number of hydrogen-bond acceptors (Lipinski definition) is 3. The highest BCUT2D eigenvalue weighted by Crippen LogP contribution is 2.22. The first-order valence-corrected chi connectivity index (χ1v) is 6.40. The molecule has 0 saturated carbocycles. The number of anilines is 1. The summed E-state index contributed by atoms with van der Waals surface area (Å²) < 4.78 is 1.04. The monoisotopic (exact) mass is 294 g/mol. The molecule has 0 saturated heterocycles. The highest BCUT2D eigenvalue weighted by Gasteiger charge is 2.02. The number of hydrogen-bond donors (Lipinski definition) is 2. The number of aryl methyl sites for hydroxylation is 2. The number of aromatic amines is 1. The third kappa shape index (κ3) is 3.30. The summed E-state index contributed by atoms with van der Waals surface area (Å²) in [6.07, 6.45) is 7.41. The van der Waals surface area contributed by atoms with E-state index < -0.39 is 0 Å². The zero-order valence-corrected chi connectivity index (χ0v) is 11.3. The summed E-state index contributed by atoms with van der Waals surface area (Å²) in [6, 6.07) is 1.98. The molecule has 0 aromatic carbocycles. The molecule has 2 N–H and O–H groups in total. The number of imidazole rings is 1. The van der Waals surface area contributed by atoms with Gasteiger partial charge in [-0.3, -0.25) is 0 Å². The molecule has 0 atom stereocenters. The van der Waals surface area contributed by atoms with Gasteiger partial charge >= 0.3 is 0 Å². The Labute approximate surface area is 109 Å². The van der Waals surface area contributed by atoms with E-state index in [0.29, 0.717) is 0 Å². The Morgan fingerprint density at radius 2 is 2.24 bits per heavy atom. The SMILES string of the molecule is Cc1ccnc(NCCCc2ncc[nH]2)c1Br. The number of H-pyrrole nitrogens is 1. The number of halogens is 1. The van der Waals surface area contributed by atoms with Crippen molar-refractivity contribution in [3.63, 3.8) is 0 Å². The van der Waals surface area contributed by atoms with E-state index in [-0.39, 0.29) is 0 Å². The first-order valence-electron chi connectivity index (χ1n) is 5.60. The van der Waals surface area contributed by atoms with Crippen molar-refractivity contribution in [3.05, 3.63) is 40.5 Å². The van der Waals surface area contributed by atoms with Crippen molar-refractivity contribution >= 4 is 21.7 Å². The number of nitrogens with one attached hydrogen (secondary N) is 2. The molecule has 90 valence electrons. The van der Waals surface area contributed by atoms with Gasteiger partial charge in [0.05, 0.1) is 4.47 Å². The largest absolute Gasteiger partial charge is 0.369 e. The molecule has 0 bridgehead atoms. The molecule has 2 aromatic heterocycles. The lowest BCUT2D eigenvalue weighted by atomic mass is 10.3. The highest BCUT2D eigenvalue weighted by atomic mass is 79.9. The number of rotatable bonds is 5. The van der Waals surface area contributed by atoms with Gasteiger partial charge in [-0.15, -0.1) is 0 Å². The van der Waals surface area contributed by atoms with Crippen molar-refractivity contribution in [2.45, 2.75) is 19.8 Å². The molecule has 2 aromatic rings. The number of aromatic nitrogens is 3. The topological polar surface area (TPSA) is 53.6 Å². The van der Waals surface area contributed by atoms with Crippen LogP contribution in [0.4, 0.5) is 5.82 Å². The molecular formula is C12H15BrN4. The van der Waals surface area contributed by atoms with Crippen LogP contribution in [0.2, 0.25) is 0 Å². The van der Waals surface area contributed by atoms with Gasteiger partial charge in [-0.1, -0.05) is 0 Å². The minimum Gasteiger partial charge on any atom is -0.369 e.